The molecule has 1 aliphatic heterocycles. The van der Waals surface area contributed by atoms with Crippen LogP contribution in [0.5, 0.6) is 0 Å². The van der Waals surface area contributed by atoms with Crippen LogP contribution in [0.3, 0.4) is 0 Å². The van der Waals surface area contributed by atoms with Gasteiger partial charge in [-0.15, -0.1) is 0 Å². The Balaban J connectivity index is 1.96. The molecule has 0 aromatic rings. The molecule has 0 radical (unpaired) electrons. The first-order chi connectivity index (χ1) is 10.1. The van der Waals surface area contributed by atoms with Crippen molar-refractivity contribution in [1.29, 1.82) is 0 Å². The minimum Gasteiger partial charge on any atom is -0.316 e. The fourth-order valence-electron chi connectivity index (χ4n) is 4.62. The maximum Gasteiger partial charge on any atom is 0.00504 e. The molecule has 21 heavy (non-hydrogen) atoms. The van der Waals surface area contributed by atoms with E-state index in [9.17, 15) is 0 Å². The average Bonchev–Trinajstić information content (AvgIpc) is 2.92. The molecule has 0 aromatic heterocycles. The van der Waals surface area contributed by atoms with Gasteiger partial charge in [-0.05, 0) is 61.9 Å². The molecular formula is C19H38N2. The molecule has 0 amide bonds. The Hall–Kier alpha value is -0.0800. The van der Waals surface area contributed by atoms with E-state index in [-0.39, 0.29) is 0 Å². The third kappa shape index (κ3) is 4.22. The number of rotatable bonds is 7. The van der Waals surface area contributed by atoms with Gasteiger partial charge in [-0.2, -0.15) is 0 Å². The van der Waals surface area contributed by atoms with Gasteiger partial charge in [-0.3, -0.25) is 0 Å². The molecule has 0 unspecified atom stereocenters. The van der Waals surface area contributed by atoms with E-state index in [0.29, 0.717) is 10.8 Å². The molecule has 1 N–H and O–H groups in total. The number of nitrogens with zero attached hydrogens (tertiary/aromatic N) is 1. The van der Waals surface area contributed by atoms with Gasteiger partial charge in [0.1, 0.15) is 0 Å². The van der Waals surface area contributed by atoms with Gasteiger partial charge in [0.05, 0.1) is 0 Å². The Labute approximate surface area is 133 Å². The molecule has 1 aliphatic carbocycles. The highest BCUT2D eigenvalue weighted by molar-refractivity contribution is 4.94. The second-order valence-corrected chi connectivity index (χ2v) is 8.13. The molecule has 2 fully saturated rings. The predicted molar refractivity (Wildman–Crippen MR) is 92.7 cm³/mol. The minimum absolute atomic E-state index is 0.556. The number of hydrogen-bond donors (Lipinski definition) is 1. The first-order valence-electron chi connectivity index (χ1n) is 9.50. The Morgan fingerprint density at radius 2 is 1.67 bits per heavy atom. The van der Waals surface area contributed by atoms with Crippen molar-refractivity contribution in [2.45, 2.75) is 72.6 Å². The molecule has 2 heteroatoms. The molecule has 1 saturated heterocycles. The van der Waals surface area contributed by atoms with Crippen LogP contribution in [0.4, 0.5) is 0 Å². The molecule has 0 spiro atoms. The molecule has 124 valence electrons. The fourth-order valence-corrected chi connectivity index (χ4v) is 4.62. The lowest BCUT2D eigenvalue weighted by Crippen LogP contribution is -2.46. The summed E-state index contributed by atoms with van der Waals surface area (Å²) in [5.74, 6) is 0.948. The van der Waals surface area contributed by atoms with E-state index in [4.69, 9.17) is 0 Å². The molecular weight excluding hydrogens is 256 g/mol. The van der Waals surface area contributed by atoms with Crippen LogP contribution in [0.25, 0.3) is 0 Å². The summed E-state index contributed by atoms with van der Waals surface area (Å²) in [7, 11) is 0. The topological polar surface area (TPSA) is 15.3 Å². The van der Waals surface area contributed by atoms with Crippen LogP contribution in [-0.4, -0.2) is 37.6 Å². The van der Waals surface area contributed by atoms with Crippen molar-refractivity contribution >= 4 is 0 Å². The lowest BCUT2D eigenvalue weighted by Gasteiger charge is -2.42. The van der Waals surface area contributed by atoms with Crippen LogP contribution < -0.4 is 5.32 Å². The van der Waals surface area contributed by atoms with Gasteiger partial charge in [-0.1, -0.05) is 40.5 Å². The van der Waals surface area contributed by atoms with E-state index in [1.165, 1.54) is 71.1 Å². The second kappa shape index (κ2) is 7.46. The average molecular weight is 295 g/mol. The van der Waals surface area contributed by atoms with Crippen LogP contribution >= 0.6 is 0 Å². The smallest absolute Gasteiger partial charge is 0.00504 e. The van der Waals surface area contributed by atoms with Crippen molar-refractivity contribution in [2.75, 3.05) is 32.7 Å². The second-order valence-electron chi connectivity index (χ2n) is 8.13. The van der Waals surface area contributed by atoms with Gasteiger partial charge >= 0.3 is 0 Å². The van der Waals surface area contributed by atoms with Crippen LogP contribution in [0, 0.1) is 16.7 Å². The van der Waals surface area contributed by atoms with Crippen LogP contribution in [0.2, 0.25) is 0 Å². The third-order valence-corrected chi connectivity index (χ3v) is 6.66. The van der Waals surface area contributed by atoms with Crippen molar-refractivity contribution in [3.63, 3.8) is 0 Å². The zero-order valence-corrected chi connectivity index (χ0v) is 15.0. The molecule has 0 aromatic carbocycles. The Morgan fingerprint density at radius 3 is 2.19 bits per heavy atom. The summed E-state index contributed by atoms with van der Waals surface area (Å²) in [6.45, 7) is 15.8. The van der Waals surface area contributed by atoms with Crippen LogP contribution in [-0.2, 0) is 0 Å². The summed E-state index contributed by atoms with van der Waals surface area (Å²) in [4.78, 5) is 2.81. The fraction of sp³-hybridized carbons (Fsp3) is 1.00. The van der Waals surface area contributed by atoms with Gasteiger partial charge in [0.15, 0.2) is 0 Å². The van der Waals surface area contributed by atoms with Crippen molar-refractivity contribution in [3.8, 4) is 0 Å². The maximum atomic E-state index is 3.67. The standard InChI is InChI=1S/C19H38N2/c1-5-18(6-2)12-13-21(15-18)16-19(14-20-7-3)10-8-17(4)9-11-19/h17,20H,5-16H2,1-4H3. The maximum absolute atomic E-state index is 3.67. The van der Waals surface area contributed by atoms with Gasteiger partial charge in [0.25, 0.3) is 0 Å². The summed E-state index contributed by atoms with van der Waals surface area (Å²) in [6, 6.07) is 0. The highest BCUT2D eigenvalue weighted by Gasteiger charge is 2.40. The van der Waals surface area contributed by atoms with E-state index >= 15 is 0 Å². The molecule has 1 saturated carbocycles. The van der Waals surface area contributed by atoms with Gasteiger partial charge in [0, 0.05) is 19.6 Å². The Morgan fingerprint density at radius 1 is 1.00 bits per heavy atom. The van der Waals surface area contributed by atoms with Gasteiger partial charge in [0.2, 0.25) is 0 Å². The summed E-state index contributed by atoms with van der Waals surface area (Å²) >= 11 is 0. The minimum atomic E-state index is 0.556. The summed E-state index contributed by atoms with van der Waals surface area (Å²) in [5, 5.41) is 3.67. The zero-order valence-electron chi connectivity index (χ0n) is 15.0. The number of nitrogens with one attached hydrogen (secondary N) is 1. The van der Waals surface area contributed by atoms with Gasteiger partial charge < -0.3 is 10.2 Å². The van der Waals surface area contributed by atoms with Crippen molar-refractivity contribution in [3.05, 3.63) is 0 Å². The molecule has 1 heterocycles. The normalized spacial score (nSPS) is 33.4. The highest BCUT2D eigenvalue weighted by atomic mass is 15.2. The van der Waals surface area contributed by atoms with E-state index < -0.39 is 0 Å². The monoisotopic (exact) mass is 294 g/mol. The molecule has 2 nitrogen and oxygen atoms in total. The number of likely N-dealkylation sites (tertiary alicyclic amines) is 1. The van der Waals surface area contributed by atoms with Gasteiger partial charge in [-0.25, -0.2) is 0 Å². The largest absolute Gasteiger partial charge is 0.316 e. The number of hydrogen-bond acceptors (Lipinski definition) is 2. The van der Waals surface area contributed by atoms with E-state index in [1.54, 1.807) is 0 Å². The lowest BCUT2D eigenvalue weighted by atomic mass is 9.70. The van der Waals surface area contributed by atoms with Crippen LogP contribution in [0.15, 0.2) is 0 Å². The molecule has 2 aliphatic rings. The third-order valence-electron chi connectivity index (χ3n) is 6.66. The predicted octanol–water partition coefficient (Wildman–Crippen LogP) is 4.30. The summed E-state index contributed by atoms with van der Waals surface area (Å²) < 4.78 is 0. The highest BCUT2D eigenvalue weighted by Crippen LogP contribution is 2.43. The zero-order chi connectivity index (χ0) is 15.3. The van der Waals surface area contributed by atoms with Crippen molar-refractivity contribution in [1.82, 2.24) is 10.2 Å². The quantitative estimate of drug-likeness (QED) is 0.753. The summed E-state index contributed by atoms with van der Waals surface area (Å²) in [5.41, 5.74) is 1.18. The Kier molecular flexibility index (Phi) is 6.14. The van der Waals surface area contributed by atoms with E-state index in [1.807, 2.05) is 0 Å². The first-order valence-corrected chi connectivity index (χ1v) is 9.50. The SMILES string of the molecule is CCNCC1(CN2CCC(CC)(CC)C2)CCC(C)CC1. The van der Waals surface area contributed by atoms with Crippen LogP contribution in [0.1, 0.15) is 72.6 Å². The van der Waals surface area contributed by atoms with Crippen molar-refractivity contribution in [2.24, 2.45) is 16.7 Å². The summed E-state index contributed by atoms with van der Waals surface area (Å²) in [6.07, 6.45) is 9.88. The van der Waals surface area contributed by atoms with E-state index in [2.05, 4.69) is 37.9 Å². The first kappa shape index (κ1) is 17.3. The lowest BCUT2D eigenvalue weighted by molar-refractivity contribution is 0.0909. The van der Waals surface area contributed by atoms with E-state index in [0.717, 1.165) is 12.5 Å². The van der Waals surface area contributed by atoms with Crippen molar-refractivity contribution < 1.29 is 0 Å². The molecule has 0 atom stereocenters. The Bertz CT molecular complexity index is 295. The molecule has 0 bridgehead atoms. The molecule has 2 rings (SSSR count).